The lowest BCUT2D eigenvalue weighted by atomic mass is 9.71. The second kappa shape index (κ2) is 10.8. The van der Waals surface area contributed by atoms with Crippen LogP contribution in [0.25, 0.3) is 33.3 Å². The Kier molecular flexibility index (Phi) is 7.36. The van der Waals surface area contributed by atoms with Gasteiger partial charge in [-0.25, -0.2) is 0 Å². The molecule has 0 bridgehead atoms. The fourth-order valence-corrected chi connectivity index (χ4v) is 7.61. The zero-order chi connectivity index (χ0) is 27.9. The molecule has 0 spiro atoms. The Morgan fingerprint density at radius 3 is 1.60 bits per heavy atom. The van der Waals surface area contributed by atoms with Gasteiger partial charge in [-0.2, -0.15) is 4.68 Å². The molecular weight excluding hydrogens is 486 g/mol. The summed E-state index contributed by atoms with van der Waals surface area (Å²) < 4.78 is 2.28. The summed E-state index contributed by atoms with van der Waals surface area (Å²) in [4.78, 5) is 2.16. The number of aryl methyl sites for hydroxylation is 1. The van der Waals surface area contributed by atoms with Crippen molar-refractivity contribution in [3.05, 3.63) is 71.8 Å². The maximum Gasteiger partial charge on any atom is 0.257 e. The van der Waals surface area contributed by atoms with Gasteiger partial charge in [-0.05, 0) is 81.6 Å². The molecule has 3 aromatic carbocycles. The summed E-state index contributed by atoms with van der Waals surface area (Å²) in [5, 5.41) is 5.22. The Balaban J connectivity index is 1.41. The highest BCUT2D eigenvalue weighted by atomic mass is 15.5. The number of hydrogen-bond acceptors (Lipinski definition) is 1. The molecule has 40 heavy (non-hydrogen) atoms. The number of fused-ring (bicyclic) bond motifs is 1. The predicted molar refractivity (Wildman–Crippen MR) is 167 cm³/mol. The van der Waals surface area contributed by atoms with E-state index >= 15 is 0 Å². The Hall–Kier alpha value is -2.94. The molecule has 1 heterocycles. The molecule has 0 aliphatic heterocycles. The van der Waals surface area contributed by atoms with Gasteiger partial charge < -0.3 is 0 Å². The third kappa shape index (κ3) is 5.01. The van der Waals surface area contributed by atoms with Gasteiger partial charge in [0, 0.05) is 16.2 Å². The number of hydrogen-bond donors (Lipinski definition) is 0. The summed E-state index contributed by atoms with van der Waals surface area (Å²) in [6.45, 7) is 10.4. The van der Waals surface area contributed by atoms with Gasteiger partial charge in [0.25, 0.3) is 5.52 Å². The molecule has 3 nitrogen and oxygen atoms in total. The van der Waals surface area contributed by atoms with Gasteiger partial charge >= 0.3 is 0 Å². The van der Waals surface area contributed by atoms with E-state index < -0.39 is 0 Å². The Bertz CT molecular complexity index is 1460. The van der Waals surface area contributed by atoms with E-state index in [0.717, 1.165) is 12.1 Å². The molecule has 4 aromatic rings. The lowest BCUT2D eigenvalue weighted by Crippen LogP contribution is -2.41. The van der Waals surface area contributed by atoms with E-state index in [-0.39, 0.29) is 0 Å². The fraction of sp³-hybridized carbons (Fsp3) is 0.514. The highest BCUT2D eigenvalue weighted by Gasteiger charge is 2.31. The van der Waals surface area contributed by atoms with Crippen LogP contribution in [0.1, 0.15) is 103 Å². The summed E-state index contributed by atoms with van der Waals surface area (Å²) >= 11 is 0. The van der Waals surface area contributed by atoms with Gasteiger partial charge in [0.2, 0.25) is 5.52 Å². The molecule has 2 aliphatic rings. The summed E-state index contributed by atoms with van der Waals surface area (Å²) in [6, 6.07) is 23.6. The molecule has 0 amide bonds. The van der Waals surface area contributed by atoms with Crippen molar-refractivity contribution >= 4 is 11.0 Å². The highest BCUT2D eigenvalue weighted by molar-refractivity contribution is 5.98. The first-order valence-corrected chi connectivity index (χ1v) is 15.9. The number of benzene rings is 3. The van der Waals surface area contributed by atoms with Crippen molar-refractivity contribution in [3.63, 3.8) is 0 Å². The molecule has 0 radical (unpaired) electrons. The van der Waals surface area contributed by atoms with Crippen molar-refractivity contribution in [2.75, 3.05) is 0 Å². The molecule has 1 aromatic heterocycles. The first-order valence-electron chi connectivity index (χ1n) is 15.9. The minimum atomic E-state index is 0.322. The van der Waals surface area contributed by atoms with E-state index in [1.54, 1.807) is 0 Å². The number of rotatable bonds is 6. The molecule has 0 saturated heterocycles. The van der Waals surface area contributed by atoms with Crippen molar-refractivity contribution in [1.82, 2.24) is 9.90 Å². The average Bonchev–Trinajstić information content (AvgIpc) is 3.28. The van der Waals surface area contributed by atoms with E-state index in [2.05, 4.69) is 105 Å². The van der Waals surface area contributed by atoms with Crippen molar-refractivity contribution in [2.24, 2.45) is 13.0 Å². The quantitative estimate of drug-likeness (QED) is 0.226. The van der Waals surface area contributed by atoms with Gasteiger partial charge in [0.15, 0.2) is 0 Å². The minimum absolute atomic E-state index is 0.322. The molecule has 3 heteroatoms. The standard InChI is InChI=1S/C37H48N3/c1-27(2)26-40-38-34-32(28-12-16-30(17-13-28)36(3)22-8-6-9-23-36)20-21-33(35(34)39(40)5)29-14-18-31(19-15-29)37(4)24-10-7-11-25-37/h12-21,27H,6-11,22-26H2,1-5H3/q+1. The normalized spacial score (nSPS) is 18.9. The zero-order valence-electron chi connectivity index (χ0n) is 25.5. The molecule has 0 unspecified atom stereocenters. The monoisotopic (exact) mass is 534 g/mol. The van der Waals surface area contributed by atoms with E-state index in [9.17, 15) is 0 Å². The van der Waals surface area contributed by atoms with Crippen molar-refractivity contribution in [1.29, 1.82) is 0 Å². The molecule has 2 aliphatic carbocycles. The first kappa shape index (κ1) is 27.2. The summed E-state index contributed by atoms with van der Waals surface area (Å²) in [5.41, 5.74) is 11.0. The van der Waals surface area contributed by atoms with Gasteiger partial charge in [-0.1, -0.05) is 115 Å². The van der Waals surface area contributed by atoms with Crippen LogP contribution in [0.15, 0.2) is 60.7 Å². The molecule has 6 rings (SSSR count). The number of aromatic nitrogens is 3. The van der Waals surface area contributed by atoms with E-state index in [4.69, 9.17) is 5.10 Å². The summed E-state index contributed by atoms with van der Waals surface area (Å²) in [6.07, 6.45) is 13.4. The maximum absolute atomic E-state index is 5.22. The van der Waals surface area contributed by atoms with Gasteiger partial charge in [0.05, 0.1) is 0 Å². The van der Waals surface area contributed by atoms with E-state index in [1.807, 2.05) is 0 Å². The van der Waals surface area contributed by atoms with Crippen molar-refractivity contribution in [2.45, 2.75) is 109 Å². The van der Waals surface area contributed by atoms with Gasteiger partial charge in [-0.15, -0.1) is 0 Å². The molecule has 0 atom stereocenters. The SMILES string of the molecule is CC(C)Cn1nc2c(-c3ccc(C4(C)CCCCC4)cc3)ccc(-c3ccc(C4(C)CCCCC4)cc3)c2[n+]1C. The van der Waals surface area contributed by atoms with Crippen molar-refractivity contribution in [3.8, 4) is 22.3 Å². The van der Waals surface area contributed by atoms with E-state index in [0.29, 0.717) is 16.7 Å². The molecule has 2 saturated carbocycles. The second-order valence-corrected chi connectivity index (χ2v) is 13.8. The maximum atomic E-state index is 5.22. The predicted octanol–water partition coefficient (Wildman–Crippen LogP) is 9.29. The number of nitrogens with zero attached hydrogens (tertiary/aromatic N) is 3. The smallest absolute Gasteiger partial charge is 0.155 e. The van der Waals surface area contributed by atoms with E-state index in [1.165, 1.54) is 103 Å². The average molecular weight is 535 g/mol. The minimum Gasteiger partial charge on any atom is -0.155 e. The van der Waals surface area contributed by atoms with Crippen LogP contribution in [0.4, 0.5) is 0 Å². The van der Waals surface area contributed by atoms with Crippen LogP contribution in [-0.2, 0) is 24.4 Å². The van der Waals surface area contributed by atoms with Crippen LogP contribution in [-0.4, -0.2) is 9.90 Å². The zero-order valence-corrected chi connectivity index (χ0v) is 25.5. The Labute approximate surface area is 241 Å². The molecule has 210 valence electrons. The third-order valence-electron chi connectivity index (χ3n) is 10.3. The molecule has 2 fully saturated rings. The van der Waals surface area contributed by atoms with Gasteiger partial charge in [-0.3, -0.25) is 0 Å². The molecule has 0 N–H and O–H groups in total. The summed E-state index contributed by atoms with van der Waals surface area (Å²) in [5.74, 6) is 0.526. The van der Waals surface area contributed by atoms with Crippen LogP contribution >= 0.6 is 0 Å². The molecular formula is C37H48N3+. The van der Waals surface area contributed by atoms with Crippen LogP contribution < -0.4 is 4.68 Å². The van der Waals surface area contributed by atoms with Crippen LogP contribution in [0.2, 0.25) is 0 Å². The topological polar surface area (TPSA) is 21.7 Å². The van der Waals surface area contributed by atoms with Gasteiger partial charge in [0.1, 0.15) is 13.6 Å². The lowest BCUT2D eigenvalue weighted by Gasteiger charge is -2.34. The highest BCUT2D eigenvalue weighted by Crippen LogP contribution is 2.42. The second-order valence-electron chi connectivity index (χ2n) is 13.8. The van der Waals surface area contributed by atoms with Crippen LogP contribution in [0.5, 0.6) is 0 Å². The summed E-state index contributed by atoms with van der Waals surface area (Å²) in [7, 11) is 2.18. The fourth-order valence-electron chi connectivity index (χ4n) is 7.61. The van der Waals surface area contributed by atoms with Crippen LogP contribution in [0, 0.1) is 5.92 Å². The lowest BCUT2D eigenvalue weighted by molar-refractivity contribution is -0.736. The largest absolute Gasteiger partial charge is 0.257 e. The first-order chi connectivity index (χ1) is 19.3. The third-order valence-corrected chi connectivity index (χ3v) is 10.3. The Morgan fingerprint density at radius 2 is 1.12 bits per heavy atom. The van der Waals surface area contributed by atoms with Crippen LogP contribution in [0.3, 0.4) is 0 Å². The Morgan fingerprint density at radius 1 is 0.675 bits per heavy atom. The van der Waals surface area contributed by atoms with Crippen molar-refractivity contribution < 1.29 is 4.68 Å².